The highest BCUT2D eigenvalue weighted by Gasteiger charge is 2.45. The number of thiophene rings is 1. The van der Waals surface area contributed by atoms with Crippen LogP contribution in [-0.2, 0) is 14.8 Å². The second-order valence-electron chi connectivity index (χ2n) is 4.32. The zero-order valence-corrected chi connectivity index (χ0v) is 11.7. The molecule has 0 radical (unpaired) electrons. The van der Waals surface area contributed by atoms with E-state index >= 15 is 0 Å². The van der Waals surface area contributed by atoms with Gasteiger partial charge >= 0.3 is 5.97 Å². The monoisotopic (exact) mass is 309 g/mol. The summed E-state index contributed by atoms with van der Waals surface area (Å²) in [6.45, 7) is -0.0693. The van der Waals surface area contributed by atoms with E-state index in [0.717, 1.165) is 17.8 Å². The molecular weight excluding hydrogens is 298 g/mol. The van der Waals surface area contributed by atoms with Crippen LogP contribution in [0.1, 0.15) is 19.3 Å². The number of carbonyl (C=O) groups is 1. The molecule has 2 rings (SSSR count). The van der Waals surface area contributed by atoms with Gasteiger partial charge in [-0.15, -0.1) is 11.3 Å². The maximum atomic E-state index is 11.9. The quantitative estimate of drug-likeness (QED) is 0.870. The number of nitrogens with one attached hydrogen (secondary N) is 1. The van der Waals surface area contributed by atoms with Crippen molar-refractivity contribution < 1.29 is 18.3 Å². The molecule has 1 aromatic heterocycles. The molecule has 1 aliphatic carbocycles. The van der Waals surface area contributed by atoms with E-state index in [4.69, 9.17) is 16.7 Å². The van der Waals surface area contributed by atoms with Crippen LogP contribution in [0.15, 0.2) is 16.3 Å². The van der Waals surface area contributed by atoms with Crippen molar-refractivity contribution in [2.45, 2.75) is 23.5 Å². The molecule has 1 aromatic rings. The van der Waals surface area contributed by atoms with E-state index in [-0.39, 0.29) is 10.8 Å². The molecule has 1 aliphatic rings. The van der Waals surface area contributed by atoms with Gasteiger partial charge in [0.05, 0.1) is 9.75 Å². The average molecular weight is 310 g/mol. The third-order valence-corrected chi connectivity index (χ3v) is 6.30. The lowest BCUT2D eigenvalue weighted by Crippen LogP contribution is -2.47. The second-order valence-corrected chi connectivity index (χ2v) is 8.03. The summed E-state index contributed by atoms with van der Waals surface area (Å²) in [5.74, 6) is -0.944. The van der Waals surface area contributed by atoms with Crippen LogP contribution < -0.4 is 4.72 Å². The summed E-state index contributed by atoms with van der Waals surface area (Å²) < 4.78 is 26.6. The van der Waals surface area contributed by atoms with Crippen molar-refractivity contribution in [2.75, 3.05) is 6.54 Å². The van der Waals surface area contributed by atoms with Gasteiger partial charge in [0.15, 0.2) is 0 Å². The minimum Gasteiger partial charge on any atom is -0.481 e. The third kappa shape index (κ3) is 2.54. The summed E-state index contributed by atoms with van der Waals surface area (Å²) in [7, 11) is -3.66. The second kappa shape index (κ2) is 4.80. The zero-order valence-electron chi connectivity index (χ0n) is 9.35. The van der Waals surface area contributed by atoms with Gasteiger partial charge in [-0.2, -0.15) is 0 Å². The van der Waals surface area contributed by atoms with Crippen molar-refractivity contribution >= 4 is 38.9 Å². The molecule has 0 atom stereocenters. The number of rotatable bonds is 5. The first-order valence-electron chi connectivity index (χ1n) is 5.34. The van der Waals surface area contributed by atoms with Gasteiger partial charge < -0.3 is 5.11 Å². The normalized spacial score (nSPS) is 18.3. The molecule has 0 aromatic carbocycles. The van der Waals surface area contributed by atoms with E-state index < -0.39 is 21.4 Å². The van der Waals surface area contributed by atoms with Crippen molar-refractivity contribution in [3.8, 4) is 0 Å². The van der Waals surface area contributed by atoms with Gasteiger partial charge in [0, 0.05) is 6.54 Å². The van der Waals surface area contributed by atoms with E-state index in [9.17, 15) is 13.2 Å². The van der Waals surface area contributed by atoms with Gasteiger partial charge in [-0.3, -0.25) is 4.79 Å². The first kappa shape index (κ1) is 13.8. The molecule has 0 amide bonds. The number of sulfonamides is 1. The van der Waals surface area contributed by atoms with E-state index in [1.54, 1.807) is 0 Å². The van der Waals surface area contributed by atoms with Crippen molar-refractivity contribution in [2.24, 2.45) is 5.41 Å². The molecule has 8 heteroatoms. The first-order valence-corrected chi connectivity index (χ1v) is 8.02. The number of hydrogen-bond acceptors (Lipinski definition) is 4. The van der Waals surface area contributed by atoms with Crippen molar-refractivity contribution in [3.63, 3.8) is 0 Å². The Kier molecular flexibility index (Phi) is 3.68. The molecule has 1 heterocycles. The molecule has 2 N–H and O–H groups in total. The van der Waals surface area contributed by atoms with Crippen molar-refractivity contribution in [1.29, 1.82) is 0 Å². The molecule has 0 bridgehead atoms. The van der Waals surface area contributed by atoms with Crippen LogP contribution in [0.3, 0.4) is 0 Å². The highest BCUT2D eigenvalue weighted by molar-refractivity contribution is 7.91. The minimum atomic E-state index is -3.66. The number of aliphatic carboxylic acids is 1. The lowest BCUT2D eigenvalue weighted by Gasteiger charge is -2.37. The van der Waals surface area contributed by atoms with Crippen LogP contribution in [0.25, 0.3) is 0 Å². The summed E-state index contributed by atoms with van der Waals surface area (Å²) in [6.07, 6.45) is 1.84. The Morgan fingerprint density at radius 2 is 2.17 bits per heavy atom. The Balaban J connectivity index is 2.08. The lowest BCUT2D eigenvalue weighted by molar-refractivity contribution is -0.153. The predicted octanol–water partition coefficient (Wildman–Crippen LogP) is 1.93. The van der Waals surface area contributed by atoms with Crippen LogP contribution >= 0.6 is 22.9 Å². The number of hydrogen-bond donors (Lipinski definition) is 2. The summed E-state index contributed by atoms with van der Waals surface area (Å²) in [5, 5.41) is 9.10. The van der Waals surface area contributed by atoms with Gasteiger partial charge in [-0.1, -0.05) is 18.0 Å². The van der Waals surface area contributed by atoms with E-state index in [0.29, 0.717) is 17.2 Å². The maximum absolute atomic E-state index is 11.9. The maximum Gasteiger partial charge on any atom is 0.310 e. The van der Waals surface area contributed by atoms with E-state index in [1.165, 1.54) is 12.1 Å². The highest BCUT2D eigenvalue weighted by atomic mass is 35.5. The summed E-state index contributed by atoms with van der Waals surface area (Å²) in [5.41, 5.74) is -0.936. The Labute approximate surface area is 114 Å². The lowest BCUT2D eigenvalue weighted by atomic mass is 9.69. The molecule has 0 unspecified atom stereocenters. The molecule has 1 fully saturated rings. The largest absolute Gasteiger partial charge is 0.481 e. The fraction of sp³-hybridized carbons (Fsp3) is 0.500. The number of carboxylic acids is 1. The van der Waals surface area contributed by atoms with Gasteiger partial charge in [-0.25, -0.2) is 13.1 Å². The summed E-state index contributed by atoms with van der Waals surface area (Å²) in [4.78, 5) is 11.1. The SMILES string of the molecule is O=C(O)C1(CNS(=O)(=O)c2ccc(Cl)s2)CCC1. The summed E-state index contributed by atoms with van der Waals surface area (Å²) >= 11 is 6.62. The molecule has 0 spiro atoms. The molecule has 18 heavy (non-hydrogen) atoms. The third-order valence-electron chi connectivity index (χ3n) is 3.18. The average Bonchev–Trinajstić information content (AvgIpc) is 2.63. The minimum absolute atomic E-state index is 0.0693. The van der Waals surface area contributed by atoms with Crippen LogP contribution in [-0.4, -0.2) is 26.0 Å². The Morgan fingerprint density at radius 3 is 2.56 bits per heavy atom. The Hall–Kier alpha value is -0.630. The number of carboxylic acid groups (broad SMARTS) is 1. The zero-order chi connectivity index (χ0) is 13.4. The molecule has 5 nitrogen and oxygen atoms in total. The summed E-state index contributed by atoms with van der Waals surface area (Å²) in [6, 6.07) is 2.90. The fourth-order valence-corrected chi connectivity index (χ4v) is 4.47. The van der Waals surface area contributed by atoms with Crippen LogP contribution in [0.2, 0.25) is 4.34 Å². The molecule has 0 saturated heterocycles. The fourth-order valence-electron chi connectivity index (χ4n) is 1.82. The first-order chi connectivity index (χ1) is 8.36. The van der Waals surface area contributed by atoms with Crippen LogP contribution in [0.5, 0.6) is 0 Å². The Morgan fingerprint density at radius 1 is 1.50 bits per heavy atom. The Bertz CT molecular complexity index is 562. The van der Waals surface area contributed by atoms with Crippen LogP contribution in [0, 0.1) is 5.41 Å². The van der Waals surface area contributed by atoms with Gasteiger partial charge in [-0.05, 0) is 25.0 Å². The molecular formula is C10H12ClNO4S2. The van der Waals surface area contributed by atoms with Crippen molar-refractivity contribution in [3.05, 3.63) is 16.5 Å². The van der Waals surface area contributed by atoms with E-state index in [1.807, 2.05) is 0 Å². The van der Waals surface area contributed by atoms with Crippen molar-refractivity contribution in [1.82, 2.24) is 4.72 Å². The standard InChI is InChI=1S/C10H12ClNO4S2/c11-7-2-3-8(17-7)18(15,16)12-6-10(9(13)14)4-1-5-10/h2-3,12H,1,4-6H2,(H,13,14). The molecule has 100 valence electrons. The van der Waals surface area contributed by atoms with Crippen LogP contribution in [0.4, 0.5) is 0 Å². The predicted molar refractivity (Wildman–Crippen MR) is 68.4 cm³/mol. The number of halogens is 1. The highest BCUT2D eigenvalue weighted by Crippen LogP contribution is 2.40. The van der Waals surface area contributed by atoms with Gasteiger partial charge in [0.2, 0.25) is 10.0 Å². The topological polar surface area (TPSA) is 83.5 Å². The van der Waals surface area contributed by atoms with E-state index in [2.05, 4.69) is 4.72 Å². The van der Waals surface area contributed by atoms with Gasteiger partial charge in [0.25, 0.3) is 0 Å². The van der Waals surface area contributed by atoms with Gasteiger partial charge in [0.1, 0.15) is 4.21 Å². The molecule has 0 aliphatic heterocycles. The molecule has 1 saturated carbocycles. The smallest absolute Gasteiger partial charge is 0.310 e.